The van der Waals surface area contributed by atoms with Gasteiger partial charge in [0.25, 0.3) is 11.8 Å². The lowest BCUT2D eigenvalue weighted by Gasteiger charge is -2.25. The van der Waals surface area contributed by atoms with Crippen molar-refractivity contribution >= 4 is 17.5 Å². The molecule has 2 aliphatic rings. The number of anilines is 1. The molecule has 2 atom stereocenters. The fraction of sp³-hybridized carbons (Fsp3) is 0.333. The maximum atomic E-state index is 13.0. The normalized spacial score (nSPS) is 19.2. The number of nitrogens with one attached hydrogen (secondary N) is 1. The van der Waals surface area contributed by atoms with Gasteiger partial charge in [0.2, 0.25) is 5.82 Å². The Morgan fingerprint density at radius 2 is 1.81 bits per heavy atom. The molecule has 32 heavy (non-hydrogen) atoms. The maximum absolute atomic E-state index is 13.0. The van der Waals surface area contributed by atoms with Gasteiger partial charge in [-0.3, -0.25) is 9.59 Å². The Morgan fingerprint density at radius 3 is 2.56 bits per heavy atom. The number of benzene rings is 2. The fourth-order valence-corrected chi connectivity index (χ4v) is 4.68. The molecule has 2 aromatic carbocycles. The zero-order valence-corrected chi connectivity index (χ0v) is 18.1. The topological polar surface area (TPSA) is 89.3 Å². The molecular weight excluding hydrogens is 406 g/mol. The molecule has 2 aliphatic heterocycles. The molecule has 8 heteroatoms. The SMILES string of the molecule is COc1ccc(NC(=O)c2nnc3n2C[C@@H]2CN(C(=O)c4cccc(C)c4)C[C@@H]2C3)cc1. The van der Waals surface area contributed by atoms with E-state index in [2.05, 4.69) is 15.5 Å². The van der Waals surface area contributed by atoms with Crippen molar-refractivity contribution in [3.8, 4) is 5.75 Å². The monoisotopic (exact) mass is 431 g/mol. The maximum Gasteiger partial charge on any atom is 0.293 e. The third kappa shape index (κ3) is 3.72. The van der Waals surface area contributed by atoms with Crippen LogP contribution in [-0.4, -0.2) is 51.7 Å². The number of ether oxygens (including phenoxy) is 1. The first-order valence-electron chi connectivity index (χ1n) is 10.7. The summed E-state index contributed by atoms with van der Waals surface area (Å²) in [4.78, 5) is 27.8. The van der Waals surface area contributed by atoms with Crippen molar-refractivity contribution < 1.29 is 14.3 Å². The smallest absolute Gasteiger partial charge is 0.293 e. The zero-order chi connectivity index (χ0) is 22.2. The summed E-state index contributed by atoms with van der Waals surface area (Å²) in [5.41, 5.74) is 2.46. The number of nitrogens with zero attached hydrogens (tertiary/aromatic N) is 4. The highest BCUT2D eigenvalue weighted by Gasteiger charge is 2.40. The first-order valence-corrected chi connectivity index (χ1v) is 10.7. The predicted octanol–water partition coefficient (Wildman–Crippen LogP) is 2.79. The van der Waals surface area contributed by atoms with Crippen LogP contribution in [0, 0.1) is 18.8 Å². The number of likely N-dealkylation sites (tertiary alicyclic amines) is 1. The van der Waals surface area contributed by atoms with Crippen LogP contribution in [0.15, 0.2) is 48.5 Å². The molecule has 1 saturated heterocycles. The lowest BCUT2D eigenvalue weighted by Crippen LogP contribution is -2.31. The second-order valence-electron chi connectivity index (χ2n) is 8.54. The minimum absolute atomic E-state index is 0.0661. The van der Waals surface area contributed by atoms with Gasteiger partial charge in [-0.1, -0.05) is 17.7 Å². The molecule has 1 aromatic heterocycles. The van der Waals surface area contributed by atoms with Gasteiger partial charge in [-0.05, 0) is 55.2 Å². The van der Waals surface area contributed by atoms with Crippen molar-refractivity contribution in [3.05, 3.63) is 71.3 Å². The van der Waals surface area contributed by atoms with E-state index in [4.69, 9.17) is 4.74 Å². The van der Waals surface area contributed by atoms with E-state index in [1.807, 2.05) is 40.7 Å². The second kappa shape index (κ2) is 8.11. The largest absolute Gasteiger partial charge is 0.497 e. The minimum Gasteiger partial charge on any atom is -0.497 e. The van der Waals surface area contributed by atoms with E-state index < -0.39 is 0 Å². The highest BCUT2D eigenvalue weighted by molar-refractivity contribution is 6.01. The first kappa shape index (κ1) is 20.2. The van der Waals surface area contributed by atoms with Crippen molar-refractivity contribution in [2.24, 2.45) is 11.8 Å². The van der Waals surface area contributed by atoms with Gasteiger partial charge >= 0.3 is 0 Å². The Bertz CT molecular complexity index is 1170. The van der Waals surface area contributed by atoms with Gasteiger partial charge in [-0.15, -0.1) is 10.2 Å². The van der Waals surface area contributed by atoms with Crippen LogP contribution >= 0.6 is 0 Å². The standard InChI is InChI=1S/C24H25N5O3/c1-15-4-3-5-16(10-15)24(31)28-12-17-11-21-26-27-22(29(21)14-18(17)13-28)23(30)25-19-6-8-20(32-2)9-7-19/h3-10,17-18H,11-14H2,1-2H3,(H,25,30)/t17-,18-/m0/s1. The van der Waals surface area contributed by atoms with E-state index in [1.165, 1.54) is 0 Å². The van der Waals surface area contributed by atoms with Gasteiger partial charge < -0.3 is 19.5 Å². The van der Waals surface area contributed by atoms with Crippen molar-refractivity contribution in [2.45, 2.75) is 19.9 Å². The van der Waals surface area contributed by atoms with Crippen LogP contribution in [0.3, 0.4) is 0 Å². The summed E-state index contributed by atoms with van der Waals surface area (Å²) in [6.45, 7) is 4.01. The molecule has 0 unspecified atom stereocenters. The highest BCUT2D eigenvalue weighted by atomic mass is 16.5. The number of aryl methyl sites for hydroxylation is 1. The summed E-state index contributed by atoms with van der Waals surface area (Å²) in [5.74, 6) is 2.21. The van der Waals surface area contributed by atoms with E-state index in [0.717, 1.165) is 22.7 Å². The Morgan fingerprint density at radius 1 is 1.03 bits per heavy atom. The van der Waals surface area contributed by atoms with E-state index >= 15 is 0 Å². The summed E-state index contributed by atoms with van der Waals surface area (Å²) in [6, 6.07) is 14.9. The Labute approximate surface area is 186 Å². The van der Waals surface area contributed by atoms with E-state index in [9.17, 15) is 9.59 Å². The van der Waals surface area contributed by atoms with Gasteiger partial charge in [0.05, 0.1) is 7.11 Å². The van der Waals surface area contributed by atoms with Crippen molar-refractivity contribution in [2.75, 3.05) is 25.5 Å². The van der Waals surface area contributed by atoms with Crippen molar-refractivity contribution in [3.63, 3.8) is 0 Å². The minimum atomic E-state index is -0.293. The molecule has 2 amide bonds. The Kier molecular flexibility index (Phi) is 5.13. The second-order valence-corrected chi connectivity index (χ2v) is 8.54. The number of hydrogen-bond donors (Lipinski definition) is 1. The third-order valence-electron chi connectivity index (χ3n) is 6.37. The zero-order valence-electron chi connectivity index (χ0n) is 18.1. The Balaban J connectivity index is 1.29. The molecule has 0 bridgehead atoms. The summed E-state index contributed by atoms with van der Waals surface area (Å²) in [5, 5.41) is 11.3. The van der Waals surface area contributed by atoms with Crippen LogP contribution in [0.2, 0.25) is 0 Å². The van der Waals surface area contributed by atoms with Crippen LogP contribution in [-0.2, 0) is 13.0 Å². The predicted molar refractivity (Wildman–Crippen MR) is 119 cm³/mol. The summed E-state index contributed by atoms with van der Waals surface area (Å²) in [7, 11) is 1.60. The molecule has 0 aliphatic carbocycles. The van der Waals surface area contributed by atoms with Crippen LogP contribution in [0.4, 0.5) is 5.69 Å². The summed E-state index contributed by atoms with van der Waals surface area (Å²) >= 11 is 0. The molecule has 164 valence electrons. The van der Waals surface area contributed by atoms with E-state index in [0.29, 0.717) is 43.5 Å². The highest BCUT2D eigenvalue weighted by Crippen LogP contribution is 2.33. The van der Waals surface area contributed by atoms with E-state index in [-0.39, 0.29) is 17.7 Å². The average Bonchev–Trinajstić information content (AvgIpc) is 3.41. The molecule has 0 radical (unpaired) electrons. The Hall–Kier alpha value is -3.68. The van der Waals surface area contributed by atoms with Gasteiger partial charge in [-0.25, -0.2) is 0 Å². The van der Waals surface area contributed by atoms with Gasteiger partial charge in [0.1, 0.15) is 11.6 Å². The molecule has 1 fully saturated rings. The summed E-state index contributed by atoms with van der Waals surface area (Å²) in [6.07, 6.45) is 0.713. The van der Waals surface area contributed by atoms with Crippen molar-refractivity contribution in [1.82, 2.24) is 19.7 Å². The quantitative estimate of drug-likeness (QED) is 0.686. The third-order valence-corrected chi connectivity index (χ3v) is 6.37. The summed E-state index contributed by atoms with van der Waals surface area (Å²) < 4.78 is 7.06. The number of carbonyl (C=O) groups excluding carboxylic acids is 2. The van der Waals surface area contributed by atoms with Crippen LogP contribution in [0.5, 0.6) is 5.75 Å². The molecule has 0 spiro atoms. The number of methoxy groups -OCH3 is 1. The van der Waals surface area contributed by atoms with Crippen LogP contribution in [0.1, 0.15) is 32.4 Å². The fourth-order valence-electron chi connectivity index (χ4n) is 4.68. The van der Waals surface area contributed by atoms with Crippen LogP contribution < -0.4 is 10.1 Å². The van der Waals surface area contributed by atoms with Gasteiger partial charge in [-0.2, -0.15) is 0 Å². The van der Waals surface area contributed by atoms with E-state index in [1.54, 1.807) is 31.4 Å². The lowest BCUT2D eigenvalue weighted by atomic mass is 9.89. The number of amides is 2. The molecule has 5 rings (SSSR count). The molecule has 0 saturated carbocycles. The number of rotatable bonds is 4. The molecule has 3 aromatic rings. The van der Waals surface area contributed by atoms with Crippen molar-refractivity contribution in [1.29, 1.82) is 0 Å². The average molecular weight is 431 g/mol. The molecule has 1 N–H and O–H groups in total. The first-order chi connectivity index (χ1) is 15.5. The number of aromatic nitrogens is 3. The molecule has 8 nitrogen and oxygen atoms in total. The number of hydrogen-bond acceptors (Lipinski definition) is 5. The number of carbonyl (C=O) groups is 2. The van der Waals surface area contributed by atoms with Crippen LogP contribution in [0.25, 0.3) is 0 Å². The van der Waals surface area contributed by atoms with Gasteiger partial charge in [0.15, 0.2) is 0 Å². The number of fused-ring (bicyclic) bond motifs is 2. The molecular formula is C24H25N5O3. The molecule has 3 heterocycles. The van der Waals surface area contributed by atoms with Gasteiger partial charge in [0, 0.05) is 37.3 Å². The lowest BCUT2D eigenvalue weighted by molar-refractivity contribution is 0.0783.